The summed E-state index contributed by atoms with van der Waals surface area (Å²) in [5, 5.41) is 0.774. The SMILES string of the molecule is COC(=O)C(N)Cc1ccc(OC)c(COc2cccc(Cl)c2Cl)c1. The first kappa shape index (κ1) is 19.4. The minimum Gasteiger partial charge on any atom is -0.496 e. The Kier molecular flexibility index (Phi) is 6.93. The summed E-state index contributed by atoms with van der Waals surface area (Å²) in [4.78, 5) is 11.5. The van der Waals surface area contributed by atoms with Crippen LogP contribution in [0.3, 0.4) is 0 Å². The van der Waals surface area contributed by atoms with E-state index >= 15 is 0 Å². The maximum Gasteiger partial charge on any atom is 0.322 e. The molecule has 2 N–H and O–H groups in total. The molecule has 25 heavy (non-hydrogen) atoms. The van der Waals surface area contributed by atoms with Crippen LogP contribution in [0.15, 0.2) is 36.4 Å². The maximum absolute atomic E-state index is 11.5. The lowest BCUT2D eigenvalue weighted by molar-refractivity contribution is -0.142. The predicted octanol–water partition coefficient (Wildman–Crippen LogP) is 3.62. The van der Waals surface area contributed by atoms with Crippen LogP contribution in [0, 0.1) is 0 Å². The molecule has 5 nitrogen and oxygen atoms in total. The number of nitrogens with two attached hydrogens (primary N) is 1. The molecule has 0 aromatic heterocycles. The second-order valence-corrected chi connectivity index (χ2v) is 6.11. The Morgan fingerprint density at radius 2 is 1.92 bits per heavy atom. The highest BCUT2D eigenvalue weighted by molar-refractivity contribution is 6.42. The first-order chi connectivity index (χ1) is 12.0. The smallest absolute Gasteiger partial charge is 0.322 e. The van der Waals surface area contributed by atoms with Gasteiger partial charge in [0.2, 0.25) is 0 Å². The molecule has 0 spiro atoms. The molecule has 0 fully saturated rings. The van der Waals surface area contributed by atoms with Crippen molar-refractivity contribution in [2.24, 2.45) is 5.73 Å². The third-order valence-electron chi connectivity index (χ3n) is 3.60. The zero-order valence-electron chi connectivity index (χ0n) is 13.9. The highest BCUT2D eigenvalue weighted by Gasteiger charge is 2.16. The van der Waals surface area contributed by atoms with Crippen molar-refractivity contribution in [3.05, 3.63) is 57.6 Å². The zero-order valence-corrected chi connectivity index (χ0v) is 15.4. The second kappa shape index (κ2) is 8.94. The van der Waals surface area contributed by atoms with Gasteiger partial charge in [0.15, 0.2) is 0 Å². The van der Waals surface area contributed by atoms with E-state index in [0.717, 1.165) is 11.1 Å². The van der Waals surface area contributed by atoms with Crippen LogP contribution in [0.5, 0.6) is 11.5 Å². The van der Waals surface area contributed by atoms with Crippen LogP contribution in [0.2, 0.25) is 10.0 Å². The van der Waals surface area contributed by atoms with E-state index in [1.54, 1.807) is 31.4 Å². The standard InChI is InChI=1S/C18H19Cl2NO4/c1-23-15-7-6-11(9-14(21)18(22)24-2)8-12(15)10-25-16-5-3-4-13(19)17(16)20/h3-8,14H,9-10,21H2,1-2H3. The van der Waals surface area contributed by atoms with Crippen LogP contribution in [-0.4, -0.2) is 26.2 Å². The van der Waals surface area contributed by atoms with E-state index in [9.17, 15) is 4.79 Å². The fraction of sp³-hybridized carbons (Fsp3) is 0.278. The third kappa shape index (κ3) is 5.01. The van der Waals surface area contributed by atoms with Gasteiger partial charge >= 0.3 is 5.97 Å². The van der Waals surface area contributed by atoms with Crippen LogP contribution in [0.25, 0.3) is 0 Å². The quantitative estimate of drug-likeness (QED) is 0.739. The number of ether oxygens (including phenoxy) is 3. The molecule has 134 valence electrons. The van der Waals surface area contributed by atoms with Gasteiger partial charge in [-0.05, 0) is 36.2 Å². The maximum atomic E-state index is 11.5. The van der Waals surface area contributed by atoms with E-state index in [4.69, 9.17) is 38.4 Å². The van der Waals surface area contributed by atoms with Crippen LogP contribution in [-0.2, 0) is 22.6 Å². The van der Waals surface area contributed by atoms with E-state index in [2.05, 4.69) is 4.74 Å². The molecule has 0 aliphatic rings. The third-order valence-corrected chi connectivity index (χ3v) is 4.41. The van der Waals surface area contributed by atoms with Gasteiger partial charge in [-0.2, -0.15) is 0 Å². The fourth-order valence-electron chi connectivity index (χ4n) is 2.31. The van der Waals surface area contributed by atoms with Crippen LogP contribution in [0.1, 0.15) is 11.1 Å². The first-order valence-corrected chi connectivity index (χ1v) is 8.27. The van der Waals surface area contributed by atoms with Crippen molar-refractivity contribution in [3.63, 3.8) is 0 Å². The molecular weight excluding hydrogens is 365 g/mol. The van der Waals surface area contributed by atoms with E-state index in [1.165, 1.54) is 7.11 Å². The average molecular weight is 384 g/mol. The molecule has 7 heteroatoms. The van der Waals surface area contributed by atoms with Gasteiger partial charge < -0.3 is 19.9 Å². The number of carbonyl (C=O) groups excluding carboxylic acids is 1. The first-order valence-electron chi connectivity index (χ1n) is 7.52. The Morgan fingerprint density at radius 1 is 1.16 bits per heavy atom. The molecule has 0 aliphatic heterocycles. The van der Waals surface area contributed by atoms with Crippen molar-refractivity contribution in [2.45, 2.75) is 19.1 Å². The van der Waals surface area contributed by atoms with Crippen molar-refractivity contribution >= 4 is 29.2 Å². The molecule has 0 saturated carbocycles. The number of hydrogen-bond acceptors (Lipinski definition) is 5. The van der Waals surface area contributed by atoms with Crippen LogP contribution in [0.4, 0.5) is 0 Å². The lowest BCUT2D eigenvalue weighted by Crippen LogP contribution is -2.33. The summed E-state index contributed by atoms with van der Waals surface area (Å²) in [6.45, 7) is 0.227. The Balaban J connectivity index is 2.16. The summed E-state index contributed by atoms with van der Waals surface area (Å²) in [6, 6.07) is 9.97. The van der Waals surface area contributed by atoms with E-state index in [0.29, 0.717) is 28.0 Å². The van der Waals surface area contributed by atoms with Gasteiger partial charge in [-0.25, -0.2) is 0 Å². The second-order valence-electron chi connectivity index (χ2n) is 5.32. The van der Waals surface area contributed by atoms with Crippen molar-refractivity contribution in [1.29, 1.82) is 0 Å². The van der Waals surface area contributed by atoms with Crippen LogP contribution >= 0.6 is 23.2 Å². The zero-order chi connectivity index (χ0) is 18.4. The van der Waals surface area contributed by atoms with Gasteiger partial charge in [0.1, 0.15) is 29.2 Å². The van der Waals surface area contributed by atoms with Crippen molar-refractivity contribution < 1.29 is 19.0 Å². The number of rotatable bonds is 7. The largest absolute Gasteiger partial charge is 0.496 e. The number of esters is 1. The highest BCUT2D eigenvalue weighted by atomic mass is 35.5. The van der Waals surface area contributed by atoms with E-state index < -0.39 is 12.0 Å². The van der Waals surface area contributed by atoms with Gasteiger partial charge in [0, 0.05) is 5.56 Å². The molecule has 0 bridgehead atoms. The fourth-order valence-corrected chi connectivity index (χ4v) is 2.66. The molecule has 2 aromatic rings. The van der Waals surface area contributed by atoms with Gasteiger partial charge in [-0.1, -0.05) is 35.3 Å². The number of benzene rings is 2. The molecule has 0 heterocycles. The number of carbonyl (C=O) groups is 1. The minimum atomic E-state index is -0.727. The predicted molar refractivity (Wildman–Crippen MR) is 97.5 cm³/mol. The minimum absolute atomic E-state index is 0.227. The molecule has 0 amide bonds. The topological polar surface area (TPSA) is 70.8 Å². The summed E-state index contributed by atoms with van der Waals surface area (Å²) >= 11 is 12.1. The van der Waals surface area contributed by atoms with Crippen molar-refractivity contribution in [1.82, 2.24) is 0 Å². The average Bonchev–Trinajstić information content (AvgIpc) is 2.62. The lowest BCUT2D eigenvalue weighted by atomic mass is 10.0. The number of hydrogen-bond donors (Lipinski definition) is 1. The Bertz CT molecular complexity index is 752. The molecule has 0 saturated heterocycles. The Morgan fingerprint density at radius 3 is 2.60 bits per heavy atom. The summed E-state index contributed by atoms with van der Waals surface area (Å²) < 4.78 is 15.8. The molecule has 1 unspecified atom stereocenters. The van der Waals surface area contributed by atoms with Gasteiger partial charge in [0.05, 0.1) is 19.2 Å². The molecular formula is C18H19Cl2NO4. The van der Waals surface area contributed by atoms with Gasteiger partial charge in [-0.3, -0.25) is 4.79 Å². The van der Waals surface area contributed by atoms with Gasteiger partial charge in [-0.15, -0.1) is 0 Å². The van der Waals surface area contributed by atoms with E-state index in [1.807, 2.05) is 12.1 Å². The molecule has 1 atom stereocenters. The molecule has 2 rings (SSSR count). The lowest BCUT2D eigenvalue weighted by Gasteiger charge is -2.14. The van der Waals surface area contributed by atoms with Crippen molar-refractivity contribution in [3.8, 4) is 11.5 Å². The summed E-state index contributed by atoms with van der Waals surface area (Å²) in [7, 11) is 2.88. The monoisotopic (exact) mass is 383 g/mol. The summed E-state index contributed by atoms with van der Waals surface area (Å²) in [5.74, 6) is 0.681. The van der Waals surface area contributed by atoms with E-state index in [-0.39, 0.29) is 6.61 Å². The van der Waals surface area contributed by atoms with Crippen LogP contribution < -0.4 is 15.2 Å². The Hall–Kier alpha value is -1.95. The molecule has 0 aliphatic carbocycles. The highest BCUT2D eigenvalue weighted by Crippen LogP contribution is 2.32. The molecule has 0 radical (unpaired) electrons. The Labute approximate surface area is 156 Å². The summed E-state index contributed by atoms with van der Waals surface area (Å²) in [6.07, 6.45) is 0.349. The normalized spacial score (nSPS) is 11.7. The van der Waals surface area contributed by atoms with Crippen molar-refractivity contribution in [2.75, 3.05) is 14.2 Å². The number of methoxy groups -OCH3 is 2. The summed E-state index contributed by atoms with van der Waals surface area (Å²) in [5.41, 5.74) is 7.48. The number of halogens is 2. The molecule has 2 aromatic carbocycles. The van der Waals surface area contributed by atoms with Gasteiger partial charge in [0.25, 0.3) is 0 Å².